The molecular weight excluding hydrogens is 259 g/mol. The maximum absolute atomic E-state index is 12.5. The van der Waals surface area contributed by atoms with Crippen molar-refractivity contribution < 1.29 is 23.1 Å². The van der Waals surface area contributed by atoms with Crippen molar-refractivity contribution in [2.24, 2.45) is 5.92 Å². The smallest absolute Gasteiger partial charge is 0.403 e. The molecular formula is C13H16F3NO2. The largest absolute Gasteiger partial charge is 0.481 e. The Morgan fingerprint density at radius 3 is 2.26 bits per heavy atom. The van der Waals surface area contributed by atoms with Gasteiger partial charge in [-0.05, 0) is 19.4 Å². The van der Waals surface area contributed by atoms with Crippen LogP contribution in [-0.2, 0) is 4.79 Å². The first-order valence-corrected chi connectivity index (χ1v) is 5.81. The number of hydrogen-bond acceptors (Lipinski definition) is 2. The predicted octanol–water partition coefficient (Wildman–Crippen LogP) is 2.91. The number of carboxylic acids is 1. The van der Waals surface area contributed by atoms with E-state index in [9.17, 15) is 18.0 Å². The standard InChI is InChI=1S/C13H16F3NO2/c1-8-3-5-10(6-4-8)9(2)17-7-11(12(18)19)13(14,15)16/h3-6,9,11,17H,7H2,1-2H3,(H,18,19)/t9-,11?/m1/s1. The van der Waals surface area contributed by atoms with Crippen LogP contribution in [0.5, 0.6) is 0 Å². The van der Waals surface area contributed by atoms with Gasteiger partial charge in [-0.15, -0.1) is 0 Å². The third-order valence-electron chi connectivity index (χ3n) is 2.90. The van der Waals surface area contributed by atoms with E-state index in [1.54, 1.807) is 19.1 Å². The zero-order valence-corrected chi connectivity index (χ0v) is 10.7. The highest BCUT2D eigenvalue weighted by atomic mass is 19.4. The summed E-state index contributed by atoms with van der Waals surface area (Å²) in [7, 11) is 0. The average molecular weight is 275 g/mol. The highest BCUT2D eigenvalue weighted by Crippen LogP contribution is 2.26. The fourth-order valence-corrected chi connectivity index (χ4v) is 1.61. The molecule has 3 nitrogen and oxygen atoms in total. The highest BCUT2D eigenvalue weighted by Gasteiger charge is 2.44. The van der Waals surface area contributed by atoms with Crippen molar-refractivity contribution >= 4 is 5.97 Å². The first kappa shape index (κ1) is 15.5. The molecule has 1 rings (SSSR count). The van der Waals surface area contributed by atoms with Crippen molar-refractivity contribution in [1.29, 1.82) is 0 Å². The van der Waals surface area contributed by atoms with Crippen LogP contribution in [0.15, 0.2) is 24.3 Å². The summed E-state index contributed by atoms with van der Waals surface area (Å²) in [6.07, 6.45) is -4.74. The van der Waals surface area contributed by atoms with Gasteiger partial charge in [0.25, 0.3) is 0 Å². The lowest BCUT2D eigenvalue weighted by Gasteiger charge is -2.20. The van der Waals surface area contributed by atoms with Gasteiger partial charge < -0.3 is 10.4 Å². The monoisotopic (exact) mass is 275 g/mol. The van der Waals surface area contributed by atoms with E-state index in [1.807, 2.05) is 19.1 Å². The Hall–Kier alpha value is -1.56. The second kappa shape index (κ2) is 6.06. The van der Waals surface area contributed by atoms with Crippen LogP contribution in [0.3, 0.4) is 0 Å². The molecule has 0 aromatic heterocycles. The van der Waals surface area contributed by atoms with E-state index in [0.29, 0.717) is 0 Å². The molecule has 1 aromatic carbocycles. The average Bonchev–Trinajstić information content (AvgIpc) is 2.27. The summed E-state index contributed by atoms with van der Waals surface area (Å²) in [5, 5.41) is 11.2. The van der Waals surface area contributed by atoms with Gasteiger partial charge in [-0.2, -0.15) is 13.2 Å². The molecule has 0 radical (unpaired) electrons. The third kappa shape index (κ3) is 4.55. The molecule has 0 aliphatic carbocycles. The lowest BCUT2D eigenvalue weighted by atomic mass is 10.0. The molecule has 0 heterocycles. The fourth-order valence-electron chi connectivity index (χ4n) is 1.61. The summed E-state index contributed by atoms with van der Waals surface area (Å²) in [6, 6.07) is 6.97. The number of benzene rings is 1. The second-order valence-corrected chi connectivity index (χ2v) is 4.47. The SMILES string of the molecule is Cc1ccc([C@@H](C)NCC(C(=O)O)C(F)(F)F)cc1. The molecule has 0 aliphatic heterocycles. The van der Waals surface area contributed by atoms with Gasteiger partial charge in [0.2, 0.25) is 0 Å². The molecule has 0 spiro atoms. The summed E-state index contributed by atoms with van der Waals surface area (Å²) in [5.41, 5.74) is 1.87. The van der Waals surface area contributed by atoms with E-state index in [2.05, 4.69) is 5.32 Å². The fraction of sp³-hybridized carbons (Fsp3) is 0.462. The summed E-state index contributed by atoms with van der Waals surface area (Å²) >= 11 is 0. The molecule has 2 atom stereocenters. The number of nitrogens with one attached hydrogen (secondary N) is 1. The van der Waals surface area contributed by atoms with E-state index in [-0.39, 0.29) is 6.04 Å². The first-order valence-electron chi connectivity index (χ1n) is 5.81. The van der Waals surface area contributed by atoms with Crippen LogP contribution in [0.4, 0.5) is 13.2 Å². The molecule has 0 amide bonds. The zero-order valence-electron chi connectivity index (χ0n) is 10.7. The molecule has 0 saturated heterocycles. The molecule has 1 aromatic rings. The Labute approximate surface area is 109 Å². The van der Waals surface area contributed by atoms with E-state index in [0.717, 1.165) is 11.1 Å². The molecule has 0 bridgehead atoms. The lowest BCUT2D eigenvalue weighted by molar-refractivity contribution is -0.192. The van der Waals surface area contributed by atoms with Crippen molar-refractivity contribution in [3.05, 3.63) is 35.4 Å². The van der Waals surface area contributed by atoms with Crippen molar-refractivity contribution in [2.75, 3.05) is 6.54 Å². The van der Waals surface area contributed by atoms with Crippen LogP contribution in [-0.4, -0.2) is 23.8 Å². The van der Waals surface area contributed by atoms with Crippen molar-refractivity contribution in [3.63, 3.8) is 0 Å². The van der Waals surface area contributed by atoms with E-state index < -0.39 is 24.6 Å². The van der Waals surface area contributed by atoms with Crippen LogP contribution in [0.2, 0.25) is 0 Å². The highest BCUT2D eigenvalue weighted by molar-refractivity contribution is 5.71. The number of rotatable bonds is 5. The summed E-state index contributed by atoms with van der Waals surface area (Å²) in [5.74, 6) is -4.25. The zero-order chi connectivity index (χ0) is 14.6. The normalized spacial score (nSPS) is 15.0. The van der Waals surface area contributed by atoms with E-state index >= 15 is 0 Å². The Balaban J connectivity index is 2.64. The number of aliphatic carboxylic acids is 1. The Bertz CT molecular complexity index is 429. The summed E-state index contributed by atoms with van der Waals surface area (Å²) in [4.78, 5) is 10.6. The van der Waals surface area contributed by atoms with Gasteiger partial charge in [0.05, 0.1) is 0 Å². The number of hydrogen-bond donors (Lipinski definition) is 2. The maximum atomic E-state index is 12.5. The Morgan fingerprint density at radius 1 is 1.32 bits per heavy atom. The van der Waals surface area contributed by atoms with E-state index in [1.165, 1.54) is 0 Å². The van der Waals surface area contributed by atoms with Crippen LogP contribution < -0.4 is 5.32 Å². The van der Waals surface area contributed by atoms with Gasteiger partial charge in [0.15, 0.2) is 5.92 Å². The van der Waals surface area contributed by atoms with Gasteiger partial charge in [-0.25, -0.2) is 0 Å². The molecule has 0 saturated carbocycles. The van der Waals surface area contributed by atoms with Crippen molar-refractivity contribution in [1.82, 2.24) is 5.32 Å². The minimum atomic E-state index is -4.74. The van der Waals surface area contributed by atoms with Gasteiger partial charge >= 0.3 is 12.1 Å². The van der Waals surface area contributed by atoms with E-state index in [4.69, 9.17) is 5.11 Å². The summed E-state index contributed by atoms with van der Waals surface area (Å²) in [6.45, 7) is 2.96. The topological polar surface area (TPSA) is 49.3 Å². The van der Waals surface area contributed by atoms with Crippen molar-refractivity contribution in [3.8, 4) is 0 Å². The molecule has 0 fully saturated rings. The minimum absolute atomic E-state index is 0.343. The van der Waals surface area contributed by atoms with Gasteiger partial charge in [-0.1, -0.05) is 29.8 Å². The van der Waals surface area contributed by atoms with Crippen LogP contribution >= 0.6 is 0 Å². The summed E-state index contributed by atoms with van der Waals surface area (Å²) < 4.78 is 37.4. The Morgan fingerprint density at radius 2 is 1.84 bits per heavy atom. The van der Waals surface area contributed by atoms with Gasteiger partial charge in [0, 0.05) is 12.6 Å². The van der Waals surface area contributed by atoms with Gasteiger partial charge in [0.1, 0.15) is 0 Å². The van der Waals surface area contributed by atoms with Gasteiger partial charge in [-0.3, -0.25) is 4.79 Å². The van der Waals surface area contributed by atoms with Crippen LogP contribution in [0.1, 0.15) is 24.1 Å². The second-order valence-electron chi connectivity index (χ2n) is 4.47. The van der Waals surface area contributed by atoms with Crippen molar-refractivity contribution in [2.45, 2.75) is 26.1 Å². The lowest BCUT2D eigenvalue weighted by Crippen LogP contribution is -2.39. The molecule has 0 aliphatic rings. The number of carboxylic acid groups (broad SMARTS) is 1. The number of halogens is 3. The quantitative estimate of drug-likeness (QED) is 0.868. The Kier molecular flexibility index (Phi) is 4.94. The molecule has 19 heavy (non-hydrogen) atoms. The number of carbonyl (C=O) groups is 1. The minimum Gasteiger partial charge on any atom is -0.481 e. The number of alkyl halides is 3. The number of aryl methyl sites for hydroxylation is 1. The maximum Gasteiger partial charge on any atom is 0.403 e. The third-order valence-corrected chi connectivity index (χ3v) is 2.90. The van der Waals surface area contributed by atoms with Crippen LogP contribution in [0.25, 0.3) is 0 Å². The molecule has 2 N–H and O–H groups in total. The predicted molar refractivity (Wildman–Crippen MR) is 64.8 cm³/mol. The molecule has 106 valence electrons. The molecule has 6 heteroatoms. The molecule has 1 unspecified atom stereocenters. The first-order chi connectivity index (χ1) is 8.71. The van der Waals surface area contributed by atoms with Crippen LogP contribution in [0, 0.1) is 12.8 Å².